The summed E-state index contributed by atoms with van der Waals surface area (Å²) >= 11 is 0. The maximum atomic E-state index is 5.66. The van der Waals surface area contributed by atoms with E-state index < -0.39 is 0 Å². The number of nitrogens with one attached hydrogen (secondary N) is 1. The number of nitrogens with two attached hydrogens (primary N) is 1. The van der Waals surface area contributed by atoms with Crippen molar-refractivity contribution in [3.8, 4) is 0 Å². The van der Waals surface area contributed by atoms with E-state index in [4.69, 9.17) is 10.2 Å². The molecule has 5 nitrogen and oxygen atoms in total. The van der Waals surface area contributed by atoms with E-state index in [0.29, 0.717) is 13.0 Å². The van der Waals surface area contributed by atoms with Crippen LogP contribution in [0, 0.1) is 0 Å². The molecule has 0 unspecified atom stereocenters. The highest BCUT2D eigenvalue weighted by atomic mass is 16.3. The monoisotopic (exact) mass is 274 g/mol. The van der Waals surface area contributed by atoms with E-state index in [0.717, 1.165) is 49.7 Å². The fourth-order valence-electron chi connectivity index (χ4n) is 2.67. The summed E-state index contributed by atoms with van der Waals surface area (Å²) in [6.45, 7) is 6.02. The Bertz CT molecular complexity index is 558. The fourth-order valence-corrected chi connectivity index (χ4v) is 2.67. The lowest BCUT2D eigenvalue weighted by atomic mass is 10.2. The van der Waals surface area contributed by atoms with Gasteiger partial charge in [-0.05, 0) is 37.2 Å². The van der Waals surface area contributed by atoms with Crippen LogP contribution < -0.4 is 11.1 Å². The number of hydrogen-bond acceptors (Lipinski definition) is 5. The van der Waals surface area contributed by atoms with Crippen LogP contribution in [0.15, 0.2) is 22.6 Å². The largest absolute Gasteiger partial charge is 0.441 e. The maximum Gasteiger partial charge on any atom is 0.196 e. The second-order valence-corrected chi connectivity index (χ2v) is 5.33. The molecule has 1 aliphatic heterocycles. The SMILES string of the molecule is NCCc1nc2cc(CN3CCCNCC3)ccc2o1. The summed E-state index contributed by atoms with van der Waals surface area (Å²) in [4.78, 5) is 6.99. The zero-order chi connectivity index (χ0) is 13.8. The molecule has 0 aliphatic carbocycles. The lowest BCUT2D eigenvalue weighted by molar-refractivity contribution is 0.284. The predicted molar refractivity (Wildman–Crippen MR) is 79.5 cm³/mol. The molecular weight excluding hydrogens is 252 g/mol. The molecule has 20 heavy (non-hydrogen) atoms. The van der Waals surface area contributed by atoms with E-state index >= 15 is 0 Å². The summed E-state index contributed by atoms with van der Waals surface area (Å²) in [5.74, 6) is 0.735. The minimum absolute atomic E-state index is 0.570. The van der Waals surface area contributed by atoms with Crippen molar-refractivity contribution in [2.75, 3.05) is 32.7 Å². The predicted octanol–water partition coefficient (Wildman–Crippen LogP) is 1.12. The van der Waals surface area contributed by atoms with Crippen LogP contribution in [-0.4, -0.2) is 42.6 Å². The molecule has 2 aromatic rings. The van der Waals surface area contributed by atoms with Gasteiger partial charge in [0.1, 0.15) is 5.52 Å². The van der Waals surface area contributed by atoms with Gasteiger partial charge in [-0.3, -0.25) is 4.90 Å². The van der Waals surface area contributed by atoms with Crippen LogP contribution >= 0.6 is 0 Å². The van der Waals surface area contributed by atoms with Crippen LogP contribution in [0.5, 0.6) is 0 Å². The van der Waals surface area contributed by atoms with E-state index in [1.165, 1.54) is 12.0 Å². The molecule has 0 saturated carbocycles. The van der Waals surface area contributed by atoms with Gasteiger partial charge >= 0.3 is 0 Å². The van der Waals surface area contributed by atoms with Crippen molar-refractivity contribution in [3.05, 3.63) is 29.7 Å². The summed E-state index contributed by atoms with van der Waals surface area (Å²) in [5.41, 5.74) is 8.64. The van der Waals surface area contributed by atoms with Gasteiger partial charge in [0.05, 0.1) is 0 Å². The number of aromatic nitrogens is 1. The zero-order valence-electron chi connectivity index (χ0n) is 11.8. The summed E-state index contributed by atoms with van der Waals surface area (Å²) in [6.07, 6.45) is 1.91. The van der Waals surface area contributed by atoms with Crippen LogP contribution in [0.1, 0.15) is 17.9 Å². The average molecular weight is 274 g/mol. The van der Waals surface area contributed by atoms with Gasteiger partial charge in [0.25, 0.3) is 0 Å². The van der Waals surface area contributed by atoms with Gasteiger partial charge in [0.2, 0.25) is 0 Å². The van der Waals surface area contributed by atoms with Gasteiger partial charge in [-0.2, -0.15) is 0 Å². The Kier molecular flexibility index (Phi) is 4.30. The van der Waals surface area contributed by atoms with E-state index in [2.05, 4.69) is 27.3 Å². The molecule has 5 heteroatoms. The van der Waals surface area contributed by atoms with E-state index in [9.17, 15) is 0 Å². The molecular formula is C15H22N4O. The van der Waals surface area contributed by atoms with E-state index in [1.54, 1.807) is 0 Å². The Morgan fingerprint density at radius 1 is 1.30 bits per heavy atom. The minimum atomic E-state index is 0.570. The lowest BCUT2D eigenvalue weighted by Gasteiger charge is -2.19. The van der Waals surface area contributed by atoms with Gasteiger partial charge in [-0.15, -0.1) is 0 Å². The molecule has 0 atom stereocenters. The summed E-state index contributed by atoms with van der Waals surface area (Å²) in [6, 6.07) is 6.29. The van der Waals surface area contributed by atoms with Gasteiger partial charge in [0.15, 0.2) is 11.5 Å². The lowest BCUT2D eigenvalue weighted by Crippen LogP contribution is -2.27. The Balaban J connectivity index is 1.74. The third kappa shape index (κ3) is 3.17. The molecule has 0 radical (unpaired) electrons. The molecule has 2 heterocycles. The molecule has 3 N–H and O–H groups in total. The van der Waals surface area contributed by atoms with Crippen molar-refractivity contribution in [1.82, 2.24) is 15.2 Å². The number of rotatable bonds is 4. The van der Waals surface area contributed by atoms with Crippen LogP contribution in [-0.2, 0) is 13.0 Å². The van der Waals surface area contributed by atoms with Crippen molar-refractivity contribution in [3.63, 3.8) is 0 Å². The normalized spacial score (nSPS) is 17.4. The topological polar surface area (TPSA) is 67.3 Å². The molecule has 0 spiro atoms. The van der Waals surface area contributed by atoms with Crippen molar-refractivity contribution >= 4 is 11.1 Å². The van der Waals surface area contributed by atoms with Crippen LogP contribution in [0.25, 0.3) is 11.1 Å². The average Bonchev–Trinajstić information content (AvgIpc) is 2.66. The van der Waals surface area contributed by atoms with Crippen molar-refractivity contribution < 1.29 is 4.42 Å². The highest BCUT2D eigenvalue weighted by Crippen LogP contribution is 2.18. The Hall–Kier alpha value is -1.43. The zero-order valence-corrected chi connectivity index (χ0v) is 11.8. The van der Waals surface area contributed by atoms with Crippen LogP contribution in [0.4, 0.5) is 0 Å². The summed E-state index contributed by atoms with van der Waals surface area (Å²) in [5, 5.41) is 3.43. The van der Waals surface area contributed by atoms with Crippen molar-refractivity contribution in [2.45, 2.75) is 19.4 Å². The highest BCUT2D eigenvalue weighted by Gasteiger charge is 2.11. The number of oxazole rings is 1. The Labute approximate surface area is 119 Å². The van der Waals surface area contributed by atoms with Gasteiger partial charge < -0.3 is 15.5 Å². The molecule has 1 aromatic heterocycles. The van der Waals surface area contributed by atoms with Crippen molar-refractivity contribution in [1.29, 1.82) is 0 Å². The first-order valence-corrected chi connectivity index (χ1v) is 7.36. The smallest absolute Gasteiger partial charge is 0.196 e. The molecule has 1 saturated heterocycles. The maximum absolute atomic E-state index is 5.66. The first-order chi connectivity index (χ1) is 9.85. The molecule has 3 rings (SSSR count). The fraction of sp³-hybridized carbons (Fsp3) is 0.533. The third-order valence-electron chi connectivity index (χ3n) is 3.69. The first kappa shape index (κ1) is 13.5. The Morgan fingerprint density at radius 2 is 2.25 bits per heavy atom. The number of hydrogen-bond donors (Lipinski definition) is 2. The molecule has 108 valence electrons. The number of nitrogens with zero attached hydrogens (tertiary/aromatic N) is 2. The van der Waals surface area contributed by atoms with E-state index in [1.807, 2.05) is 6.07 Å². The van der Waals surface area contributed by atoms with Gasteiger partial charge in [-0.1, -0.05) is 6.07 Å². The molecule has 1 aliphatic rings. The van der Waals surface area contributed by atoms with Crippen molar-refractivity contribution in [2.24, 2.45) is 5.73 Å². The first-order valence-electron chi connectivity index (χ1n) is 7.36. The summed E-state index contributed by atoms with van der Waals surface area (Å²) in [7, 11) is 0. The third-order valence-corrected chi connectivity index (χ3v) is 3.69. The summed E-state index contributed by atoms with van der Waals surface area (Å²) < 4.78 is 5.66. The van der Waals surface area contributed by atoms with Crippen LogP contribution in [0.2, 0.25) is 0 Å². The molecule has 0 amide bonds. The minimum Gasteiger partial charge on any atom is -0.441 e. The number of fused-ring (bicyclic) bond motifs is 1. The second-order valence-electron chi connectivity index (χ2n) is 5.33. The molecule has 1 aromatic carbocycles. The quantitative estimate of drug-likeness (QED) is 0.874. The van der Waals surface area contributed by atoms with Gasteiger partial charge in [-0.25, -0.2) is 4.98 Å². The van der Waals surface area contributed by atoms with Crippen LogP contribution in [0.3, 0.4) is 0 Å². The van der Waals surface area contributed by atoms with E-state index in [-0.39, 0.29) is 0 Å². The molecule has 0 bridgehead atoms. The number of benzene rings is 1. The second kappa shape index (κ2) is 6.35. The highest BCUT2D eigenvalue weighted by molar-refractivity contribution is 5.73. The van der Waals surface area contributed by atoms with Gasteiger partial charge in [0, 0.05) is 32.6 Å². The standard InChI is InChI=1S/C15H22N4O/c16-5-4-15-18-13-10-12(2-3-14(13)20-15)11-19-8-1-6-17-7-9-19/h2-3,10,17H,1,4-9,11,16H2. The Morgan fingerprint density at radius 3 is 3.15 bits per heavy atom. The molecule has 1 fully saturated rings.